The highest BCUT2D eigenvalue weighted by Gasteiger charge is 2.07. The number of rotatable bonds is 3. The second kappa shape index (κ2) is 6.20. The van der Waals surface area contributed by atoms with Crippen molar-refractivity contribution < 1.29 is 0 Å². The van der Waals surface area contributed by atoms with Gasteiger partial charge in [0.05, 0.1) is 5.69 Å². The molecule has 1 N–H and O–H groups in total. The summed E-state index contributed by atoms with van der Waals surface area (Å²) < 4.78 is 2.98. The van der Waals surface area contributed by atoms with Gasteiger partial charge >= 0.3 is 0 Å². The monoisotopic (exact) mass is 448 g/mol. The van der Waals surface area contributed by atoms with Gasteiger partial charge < -0.3 is 5.32 Å². The lowest BCUT2D eigenvalue weighted by atomic mass is 10.3. The Morgan fingerprint density at radius 2 is 1.83 bits per heavy atom. The molecule has 2 rings (SSSR count). The van der Waals surface area contributed by atoms with Gasteiger partial charge in [-0.2, -0.15) is 5.26 Å². The topological polar surface area (TPSA) is 35.8 Å². The molecule has 0 radical (unpaired) electrons. The van der Waals surface area contributed by atoms with Gasteiger partial charge in [-0.15, -0.1) is 11.3 Å². The summed E-state index contributed by atoms with van der Waals surface area (Å²) in [6.07, 6.45) is 0. The van der Waals surface area contributed by atoms with E-state index in [1.165, 1.54) is 11.3 Å². The molecule has 6 heteroatoms. The van der Waals surface area contributed by atoms with Crippen LogP contribution in [-0.4, -0.2) is 0 Å². The second-order valence-corrected chi connectivity index (χ2v) is 7.27. The van der Waals surface area contributed by atoms with Gasteiger partial charge in [0, 0.05) is 24.8 Å². The number of nitrogens with one attached hydrogen (secondary N) is 1. The zero-order chi connectivity index (χ0) is 13.1. The van der Waals surface area contributed by atoms with Crippen molar-refractivity contribution in [3.8, 4) is 6.07 Å². The van der Waals surface area contributed by atoms with E-state index < -0.39 is 0 Å². The van der Waals surface area contributed by atoms with Gasteiger partial charge in [0.2, 0.25) is 0 Å². The predicted octanol–water partition coefficient (Wildman–Crippen LogP) is 5.52. The zero-order valence-corrected chi connectivity index (χ0v) is 14.6. The molecule has 1 aromatic heterocycles. The molecule has 0 aliphatic carbocycles. The number of nitriles is 1. The fraction of sp³-hybridized carbons (Fsp3) is 0.0833. The van der Waals surface area contributed by atoms with E-state index in [0.717, 1.165) is 28.9 Å². The Labute approximate surface area is 134 Å². The van der Waals surface area contributed by atoms with E-state index in [9.17, 15) is 0 Å². The van der Waals surface area contributed by atoms with Crippen molar-refractivity contribution in [3.05, 3.63) is 47.4 Å². The first kappa shape index (κ1) is 14.1. The summed E-state index contributed by atoms with van der Waals surface area (Å²) >= 11 is 12.0. The number of halogens is 3. The highest BCUT2D eigenvalue weighted by molar-refractivity contribution is 9.11. The third-order valence-electron chi connectivity index (χ3n) is 2.22. The number of benzene rings is 1. The minimum absolute atomic E-state index is 0.700. The van der Waals surface area contributed by atoms with Gasteiger partial charge in [-0.25, -0.2) is 0 Å². The van der Waals surface area contributed by atoms with Gasteiger partial charge in [-0.05, 0) is 56.1 Å². The van der Waals surface area contributed by atoms with E-state index in [1.54, 1.807) is 0 Å². The summed E-state index contributed by atoms with van der Waals surface area (Å²) in [5, 5.41) is 12.1. The molecule has 2 nitrogen and oxygen atoms in total. The average Bonchev–Trinajstić information content (AvgIpc) is 2.75. The molecule has 0 aliphatic heterocycles. The number of nitrogens with zero attached hydrogens (tertiary/aromatic N) is 1. The molecule has 2 aromatic rings. The van der Waals surface area contributed by atoms with Crippen LogP contribution in [0, 0.1) is 11.3 Å². The van der Waals surface area contributed by atoms with Crippen LogP contribution < -0.4 is 5.32 Å². The van der Waals surface area contributed by atoms with Gasteiger partial charge in [0.15, 0.2) is 0 Å². The Hall–Kier alpha value is -0.350. The molecule has 0 saturated heterocycles. The van der Waals surface area contributed by atoms with E-state index in [-0.39, 0.29) is 0 Å². The van der Waals surface area contributed by atoms with Crippen molar-refractivity contribution in [2.75, 3.05) is 5.32 Å². The lowest BCUT2D eigenvalue weighted by Gasteiger charge is -2.10. The van der Waals surface area contributed by atoms with E-state index in [0.29, 0.717) is 6.54 Å². The summed E-state index contributed by atoms with van der Waals surface area (Å²) in [6, 6.07) is 9.93. The van der Waals surface area contributed by atoms with E-state index in [1.807, 2.05) is 24.3 Å². The van der Waals surface area contributed by atoms with Gasteiger partial charge in [0.1, 0.15) is 10.9 Å². The molecule has 1 heterocycles. The van der Waals surface area contributed by atoms with Crippen LogP contribution in [0.15, 0.2) is 37.7 Å². The molecular weight excluding hydrogens is 444 g/mol. The molecule has 0 saturated carbocycles. The molecule has 1 aromatic carbocycles. The van der Waals surface area contributed by atoms with Gasteiger partial charge in [-0.3, -0.25) is 0 Å². The minimum Gasteiger partial charge on any atom is -0.378 e. The quantitative estimate of drug-likeness (QED) is 0.668. The van der Waals surface area contributed by atoms with E-state index in [2.05, 4.69) is 59.2 Å². The van der Waals surface area contributed by atoms with Crippen molar-refractivity contribution in [2.24, 2.45) is 0 Å². The summed E-state index contributed by atoms with van der Waals surface area (Å²) in [4.78, 5) is 1.87. The molecule has 0 atom stereocenters. The maximum atomic E-state index is 8.77. The molecule has 0 aliphatic rings. The molecule has 18 heavy (non-hydrogen) atoms. The van der Waals surface area contributed by atoms with Crippen LogP contribution in [0.4, 0.5) is 5.69 Å². The molecule has 92 valence electrons. The molecule has 0 unspecified atom stereocenters. The fourth-order valence-electron chi connectivity index (χ4n) is 1.42. The highest BCUT2D eigenvalue weighted by Crippen LogP contribution is 2.34. The van der Waals surface area contributed by atoms with Crippen molar-refractivity contribution in [1.29, 1.82) is 5.26 Å². The lowest BCUT2D eigenvalue weighted by molar-refractivity contribution is 1.18. The predicted molar refractivity (Wildman–Crippen MR) is 85.9 cm³/mol. The maximum absolute atomic E-state index is 8.77. The van der Waals surface area contributed by atoms with Crippen LogP contribution in [-0.2, 0) is 6.54 Å². The zero-order valence-electron chi connectivity index (χ0n) is 9.01. The standard InChI is InChI=1S/C12H7Br3N2S/c13-7-3-10(14)12(11(15)4-7)17-6-9-2-1-8(5-16)18-9/h1-4,17H,6H2. The Bertz CT molecular complexity index is 593. The van der Waals surface area contributed by atoms with Crippen molar-refractivity contribution in [3.63, 3.8) is 0 Å². The van der Waals surface area contributed by atoms with E-state index >= 15 is 0 Å². The SMILES string of the molecule is N#Cc1ccc(CNc2c(Br)cc(Br)cc2Br)s1. The summed E-state index contributed by atoms with van der Waals surface area (Å²) in [7, 11) is 0. The summed E-state index contributed by atoms with van der Waals surface area (Å²) in [5.74, 6) is 0. The Balaban J connectivity index is 2.13. The number of hydrogen-bond donors (Lipinski definition) is 1. The summed E-state index contributed by atoms with van der Waals surface area (Å²) in [5.41, 5.74) is 1.00. The molecular formula is C12H7Br3N2S. The van der Waals surface area contributed by atoms with Crippen LogP contribution >= 0.6 is 59.1 Å². The normalized spacial score (nSPS) is 10.1. The van der Waals surface area contributed by atoms with Crippen LogP contribution in [0.2, 0.25) is 0 Å². The number of anilines is 1. The Kier molecular flexibility index (Phi) is 4.84. The first-order valence-corrected chi connectivity index (χ1v) is 8.17. The highest BCUT2D eigenvalue weighted by atomic mass is 79.9. The van der Waals surface area contributed by atoms with Crippen LogP contribution in [0.25, 0.3) is 0 Å². The molecule has 0 bridgehead atoms. The molecule has 0 spiro atoms. The number of hydrogen-bond acceptors (Lipinski definition) is 3. The van der Waals surface area contributed by atoms with Crippen molar-refractivity contribution in [2.45, 2.75) is 6.54 Å². The third kappa shape index (κ3) is 3.35. The van der Waals surface area contributed by atoms with Crippen LogP contribution in [0.3, 0.4) is 0 Å². The van der Waals surface area contributed by atoms with E-state index in [4.69, 9.17) is 5.26 Å². The van der Waals surface area contributed by atoms with Gasteiger partial charge in [-0.1, -0.05) is 15.9 Å². The smallest absolute Gasteiger partial charge is 0.110 e. The lowest BCUT2D eigenvalue weighted by Crippen LogP contribution is -1.99. The molecule has 0 amide bonds. The first-order chi connectivity index (χ1) is 8.60. The second-order valence-electron chi connectivity index (χ2n) is 3.48. The third-order valence-corrected chi connectivity index (χ3v) is 4.92. The average molecular weight is 451 g/mol. The fourth-order valence-corrected chi connectivity index (χ4v) is 4.70. The molecule has 0 fully saturated rings. The summed E-state index contributed by atoms with van der Waals surface area (Å²) in [6.45, 7) is 0.700. The van der Waals surface area contributed by atoms with Crippen LogP contribution in [0.1, 0.15) is 9.75 Å². The van der Waals surface area contributed by atoms with Crippen molar-refractivity contribution >= 4 is 64.8 Å². The van der Waals surface area contributed by atoms with Crippen LogP contribution in [0.5, 0.6) is 0 Å². The van der Waals surface area contributed by atoms with Crippen molar-refractivity contribution in [1.82, 2.24) is 0 Å². The Morgan fingerprint density at radius 1 is 1.17 bits per heavy atom. The Morgan fingerprint density at radius 3 is 2.39 bits per heavy atom. The maximum Gasteiger partial charge on any atom is 0.110 e. The van der Waals surface area contributed by atoms with Gasteiger partial charge in [0.25, 0.3) is 0 Å². The number of thiophene rings is 1. The first-order valence-electron chi connectivity index (χ1n) is 4.97. The minimum atomic E-state index is 0.700. The largest absolute Gasteiger partial charge is 0.378 e.